The lowest BCUT2D eigenvalue weighted by atomic mass is 9.74. The molecule has 0 aliphatic carbocycles. The monoisotopic (exact) mass is 244 g/mol. The normalized spacial score (nSPS) is 14.2. The molecule has 1 aromatic rings. The molecule has 2 nitrogen and oxygen atoms in total. The number of aryl methyl sites for hydroxylation is 1. The maximum atomic E-state index is 6.19. The molecule has 0 aromatic heterocycles. The second-order valence-electron chi connectivity index (χ2n) is 5.93. The summed E-state index contributed by atoms with van der Waals surface area (Å²) in [6.07, 6.45) is 2.14. The van der Waals surface area contributed by atoms with Gasteiger partial charge in [0.1, 0.15) is 0 Å². The van der Waals surface area contributed by atoms with E-state index in [-0.39, 0.29) is 11.5 Å². The molecule has 1 atom stereocenters. The molecule has 3 N–H and O–H groups in total. The van der Waals surface area contributed by atoms with Crippen LogP contribution in [0.5, 0.6) is 0 Å². The Morgan fingerprint density at radius 3 is 2.28 bits per heavy atom. The van der Waals surface area contributed by atoms with Crippen LogP contribution in [-0.4, -0.2) is 13.3 Å². The molecule has 0 amide bonds. The molecule has 0 radical (unpaired) electrons. The van der Waals surface area contributed by atoms with Crippen molar-refractivity contribution in [2.45, 2.75) is 40.6 Å². The van der Waals surface area contributed by atoms with Crippen LogP contribution in [-0.2, 0) is 0 Å². The second kappa shape index (κ2) is 6.10. The predicted molar refractivity (Wildman–Crippen MR) is 83.3 cm³/mol. The zero-order valence-corrected chi connectivity index (χ0v) is 12.2. The predicted octanol–water partition coefficient (Wildman–Crippen LogP) is 3.11. The van der Waals surface area contributed by atoms with Crippen molar-refractivity contribution in [2.75, 3.05) is 5.32 Å². The number of benzene rings is 1. The van der Waals surface area contributed by atoms with Crippen molar-refractivity contribution in [1.82, 2.24) is 0 Å². The summed E-state index contributed by atoms with van der Waals surface area (Å²) in [5, 5.41) is 3.44. The third kappa shape index (κ3) is 4.57. The summed E-state index contributed by atoms with van der Waals surface area (Å²) in [5.41, 5.74) is 9.86. The smallest absolute Gasteiger partial charge is 0.175 e. The van der Waals surface area contributed by atoms with Gasteiger partial charge in [-0.25, -0.2) is 0 Å². The highest BCUT2D eigenvalue weighted by atomic mass is 14.9. The zero-order valence-electron chi connectivity index (χ0n) is 12.2. The van der Waals surface area contributed by atoms with Crippen molar-refractivity contribution in [3.05, 3.63) is 41.5 Å². The molecule has 0 aliphatic rings. The third-order valence-electron chi connectivity index (χ3n) is 3.12. The van der Waals surface area contributed by atoms with Crippen molar-refractivity contribution in [3.8, 4) is 0 Å². The van der Waals surface area contributed by atoms with Crippen LogP contribution in [0.15, 0.2) is 35.9 Å². The third-order valence-corrected chi connectivity index (χ3v) is 3.12. The van der Waals surface area contributed by atoms with Crippen LogP contribution in [0.3, 0.4) is 0 Å². The topological polar surface area (TPSA) is 38.0 Å². The minimum absolute atomic E-state index is 0.0606. The molecular formula is C15H25BN2. The molecule has 0 heterocycles. The number of hydrogen-bond acceptors (Lipinski definition) is 2. The van der Waals surface area contributed by atoms with E-state index in [4.69, 9.17) is 5.73 Å². The summed E-state index contributed by atoms with van der Waals surface area (Å²) in [6, 6.07) is 8.48. The maximum Gasteiger partial charge on any atom is 0.175 e. The molecule has 0 bridgehead atoms. The number of nitrogens with two attached hydrogens (primary N) is 1. The lowest BCUT2D eigenvalue weighted by Gasteiger charge is -2.25. The standard InChI is InChI=1S/C15H25BN2/c1-11-6-8-12(9-7-11)18-14(16-5)10-13(17)15(2,3)4/h6-10,13,16,18H,17H2,1-5H3/b14-10-. The molecule has 1 rings (SSSR count). The van der Waals surface area contributed by atoms with Crippen LogP contribution in [0.1, 0.15) is 26.3 Å². The van der Waals surface area contributed by atoms with E-state index in [1.54, 1.807) is 0 Å². The Balaban J connectivity index is 2.79. The highest BCUT2D eigenvalue weighted by Crippen LogP contribution is 2.20. The van der Waals surface area contributed by atoms with Gasteiger partial charge in [0.15, 0.2) is 7.28 Å². The summed E-state index contributed by atoms with van der Waals surface area (Å²) in [7, 11) is 0.956. The fraction of sp³-hybridized carbons (Fsp3) is 0.467. The molecule has 18 heavy (non-hydrogen) atoms. The molecule has 0 spiro atoms. The van der Waals surface area contributed by atoms with Gasteiger partial charge in [0.05, 0.1) is 0 Å². The first kappa shape index (κ1) is 14.8. The van der Waals surface area contributed by atoms with E-state index in [9.17, 15) is 0 Å². The van der Waals surface area contributed by atoms with Gasteiger partial charge in [0.2, 0.25) is 0 Å². The van der Waals surface area contributed by atoms with Crippen LogP contribution in [0.2, 0.25) is 6.82 Å². The maximum absolute atomic E-state index is 6.19. The van der Waals surface area contributed by atoms with Crippen molar-refractivity contribution >= 4 is 13.0 Å². The Morgan fingerprint density at radius 2 is 1.83 bits per heavy atom. The molecule has 0 saturated heterocycles. The van der Waals surface area contributed by atoms with Crippen LogP contribution < -0.4 is 11.1 Å². The highest BCUT2D eigenvalue weighted by molar-refractivity contribution is 6.44. The summed E-state index contributed by atoms with van der Waals surface area (Å²) in [6.45, 7) is 10.7. The van der Waals surface area contributed by atoms with Gasteiger partial charge in [-0.2, -0.15) is 0 Å². The molecule has 0 fully saturated rings. The molecular weight excluding hydrogens is 219 g/mol. The van der Waals surface area contributed by atoms with Crippen LogP contribution in [0, 0.1) is 12.3 Å². The minimum Gasteiger partial charge on any atom is -0.368 e. The van der Waals surface area contributed by atoms with Crippen molar-refractivity contribution in [1.29, 1.82) is 0 Å². The summed E-state index contributed by atoms with van der Waals surface area (Å²) in [5.74, 6) is 0. The second-order valence-corrected chi connectivity index (χ2v) is 5.93. The van der Waals surface area contributed by atoms with E-state index in [2.05, 4.69) is 70.2 Å². The minimum atomic E-state index is 0.0606. The SMILES string of the molecule is CB/C(=C/C(N)C(C)(C)C)Nc1ccc(C)cc1. The highest BCUT2D eigenvalue weighted by Gasteiger charge is 2.18. The largest absolute Gasteiger partial charge is 0.368 e. The summed E-state index contributed by atoms with van der Waals surface area (Å²) >= 11 is 0. The van der Waals surface area contributed by atoms with Crippen molar-refractivity contribution in [3.63, 3.8) is 0 Å². The Morgan fingerprint density at radius 1 is 1.28 bits per heavy atom. The average Bonchev–Trinajstić information content (AvgIpc) is 2.29. The van der Waals surface area contributed by atoms with Gasteiger partial charge in [0, 0.05) is 11.7 Å². The summed E-state index contributed by atoms with van der Waals surface area (Å²) < 4.78 is 0. The van der Waals surface area contributed by atoms with Gasteiger partial charge in [-0.3, -0.25) is 0 Å². The number of nitrogens with one attached hydrogen (secondary N) is 1. The van der Waals surface area contributed by atoms with Crippen LogP contribution in [0.25, 0.3) is 0 Å². The quantitative estimate of drug-likeness (QED) is 0.798. The van der Waals surface area contributed by atoms with Crippen molar-refractivity contribution < 1.29 is 0 Å². The Labute approximate surface area is 112 Å². The van der Waals surface area contributed by atoms with Gasteiger partial charge in [-0.05, 0) is 30.1 Å². The first-order chi connectivity index (χ1) is 8.32. The molecule has 1 aromatic carbocycles. The van der Waals surface area contributed by atoms with Gasteiger partial charge in [0.25, 0.3) is 0 Å². The van der Waals surface area contributed by atoms with E-state index in [0.717, 1.165) is 13.0 Å². The summed E-state index contributed by atoms with van der Waals surface area (Å²) in [4.78, 5) is 0. The van der Waals surface area contributed by atoms with E-state index >= 15 is 0 Å². The van der Waals surface area contributed by atoms with Gasteiger partial charge >= 0.3 is 0 Å². The van der Waals surface area contributed by atoms with E-state index in [0.29, 0.717) is 0 Å². The first-order valence-electron chi connectivity index (χ1n) is 6.63. The Bertz CT molecular complexity index is 401. The molecule has 3 heteroatoms. The van der Waals surface area contributed by atoms with Crippen LogP contribution in [0.4, 0.5) is 5.69 Å². The van der Waals surface area contributed by atoms with E-state index in [1.807, 2.05) is 0 Å². The number of rotatable bonds is 4. The fourth-order valence-electron chi connectivity index (χ4n) is 1.54. The van der Waals surface area contributed by atoms with E-state index in [1.165, 1.54) is 11.2 Å². The van der Waals surface area contributed by atoms with Crippen LogP contribution >= 0.6 is 0 Å². The lowest BCUT2D eigenvalue weighted by Crippen LogP contribution is -2.34. The zero-order chi connectivity index (χ0) is 13.8. The molecule has 98 valence electrons. The first-order valence-corrected chi connectivity index (χ1v) is 6.63. The average molecular weight is 244 g/mol. The number of anilines is 1. The Kier molecular flexibility index (Phi) is 5.03. The lowest BCUT2D eigenvalue weighted by molar-refractivity contribution is 0.365. The molecule has 0 saturated carbocycles. The van der Waals surface area contributed by atoms with Crippen molar-refractivity contribution in [2.24, 2.45) is 11.1 Å². The number of hydrogen-bond donors (Lipinski definition) is 2. The molecule has 0 aliphatic heterocycles. The van der Waals surface area contributed by atoms with Gasteiger partial charge in [-0.1, -0.05) is 51.4 Å². The molecule has 1 unspecified atom stereocenters. The van der Waals surface area contributed by atoms with Gasteiger partial charge in [-0.15, -0.1) is 0 Å². The van der Waals surface area contributed by atoms with Gasteiger partial charge < -0.3 is 11.1 Å². The Hall–Kier alpha value is -1.22. The fourth-order valence-corrected chi connectivity index (χ4v) is 1.54. The van der Waals surface area contributed by atoms with E-state index < -0.39 is 0 Å².